The van der Waals surface area contributed by atoms with Crippen molar-refractivity contribution in [1.82, 2.24) is 4.90 Å². The number of carbonyl (C=O) groups is 1. The summed E-state index contributed by atoms with van der Waals surface area (Å²) in [7, 11) is 1.64. The molecule has 0 aliphatic rings. The molecule has 0 radical (unpaired) electrons. The molecule has 0 heterocycles. The molecule has 0 saturated carbocycles. The van der Waals surface area contributed by atoms with Gasteiger partial charge in [0.05, 0.1) is 19.1 Å². The first kappa shape index (κ1) is 16.8. The maximum absolute atomic E-state index is 13.7. The summed E-state index contributed by atoms with van der Waals surface area (Å²) < 4.78 is 18.8. The van der Waals surface area contributed by atoms with Crippen molar-refractivity contribution in [2.24, 2.45) is 0 Å². The smallest absolute Gasteiger partial charge is 0.244 e. The van der Waals surface area contributed by atoms with Crippen LogP contribution < -0.4 is 10.1 Å². The molecule has 1 unspecified atom stereocenters. The van der Waals surface area contributed by atoms with Crippen molar-refractivity contribution in [3.05, 3.63) is 24.0 Å². The number of amides is 1. The van der Waals surface area contributed by atoms with Crippen LogP contribution in [-0.4, -0.2) is 37.0 Å². The monoisotopic (exact) mass is 293 g/mol. The van der Waals surface area contributed by atoms with Gasteiger partial charge in [0.15, 0.2) is 11.6 Å². The van der Waals surface area contributed by atoms with Gasteiger partial charge in [0.25, 0.3) is 0 Å². The average Bonchev–Trinajstić information content (AvgIpc) is 2.46. The lowest BCUT2D eigenvalue weighted by Gasteiger charge is -2.22. The van der Waals surface area contributed by atoms with E-state index in [4.69, 9.17) is 10.00 Å². The van der Waals surface area contributed by atoms with Gasteiger partial charge in [-0.3, -0.25) is 4.79 Å². The van der Waals surface area contributed by atoms with Gasteiger partial charge in [-0.2, -0.15) is 5.26 Å². The summed E-state index contributed by atoms with van der Waals surface area (Å²) in [5, 5.41) is 11.5. The lowest BCUT2D eigenvalue weighted by Crippen LogP contribution is -2.39. The Balaban J connectivity index is 2.66. The normalized spacial score (nSPS) is 11.4. The first-order chi connectivity index (χ1) is 9.99. The minimum Gasteiger partial charge on any atom is -0.491 e. The lowest BCUT2D eigenvalue weighted by atomic mass is 10.2. The van der Waals surface area contributed by atoms with E-state index >= 15 is 0 Å². The number of carbonyl (C=O) groups excluding carboxylic acids is 1. The molecule has 1 N–H and O–H groups in total. The number of rotatable bonds is 7. The van der Waals surface area contributed by atoms with Gasteiger partial charge in [0.2, 0.25) is 5.91 Å². The van der Waals surface area contributed by atoms with Crippen molar-refractivity contribution in [1.29, 1.82) is 5.26 Å². The van der Waals surface area contributed by atoms with Gasteiger partial charge in [0, 0.05) is 25.3 Å². The molecule has 1 amide bonds. The predicted octanol–water partition coefficient (Wildman–Crippen LogP) is 2.40. The molecule has 21 heavy (non-hydrogen) atoms. The summed E-state index contributed by atoms with van der Waals surface area (Å²) >= 11 is 0. The molecule has 1 aromatic rings. The molecule has 0 saturated heterocycles. The second kappa shape index (κ2) is 8.10. The van der Waals surface area contributed by atoms with E-state index in [1.807, 2.05) is 6.07 Å². The minimum atomic E-state index is -0.508. The van der Waals surface area contributed by atoms with Gasteiger partial charge in [-0.25, -0.2) is 4.39 Å². The zero-order chi connectivity index (χ0) is 15.8. The van der Waals surface area contributed by atoms with Crippen LogP contribution in [0.25, 0.3) is 0 Å². The van der Waals surface area contributed by atoms with Crippen LogP contribution in [0.4, 0.5) is 10.1 Å². The summed E-state index contributed by atoms with van der Waals surface area (Å²) in [6.45, 7) is 4.24. The predicted molar refractivity (Wildman–Crippen MR) is 78.5 cm³/mol. The van der Waals surface area contributed by atoms with Crippen molar-refractivity contribution in [2.75, 3.05) is 25.5 Å². The number of hydrogen-bond acceptors (Lipinski definition) is 4. The minimum absolute atomic E-state index is 0.153. The molecule has 0 bridgehead atoms. The standard InChI is InChI=1S/C15H20FN3O2/c1-4-21-14-7-6-12(10-13(14)16)18-11(2)15(20)19(3)9-5-8-17/h6-7,10-11,18H,4-5,9H2,1-3H3. The highest BCUT2D eigenvalue weighted by Crippen LogP contribution is 2.21. The van der Waals surface area contributed by atoms with Crippen molar-refractivity contribution < 1.29 is 13.9 Å². The van der Waals surface area contributed by atoms with Crippen LogP contribution in [0.5, 0.6) is 5.75 Å². The van der Waals surface area contributed by atoms with E-state index in [2.05, 4.69) is 5.32 Å². The maximum Gasteiger partial charge on any atom is 0.244 e. The SMILES string of the molecule is CCOc1ccc(NC(C)C(=O)N(C)CCC#N)cc1F. The Morgan fingerprint density at radius 3 is 2.86 bits per heavy atom. The Morgan fingerprint density at radius 1 is 1.57 bits per heavy atom. The lowest BCUT2D eigenvalue weighted by molar-refractivity contribution is -0.130. The van der Waals surface area contributed by atoms with E-state index in [1.54, 1.807) is 27.0 Å². The molecule has 1 aromatic carbocycles. The van der Waals surface area contributed by atoms with Gasteiger partial charge in [-0.05, 0) is 26.0 Å². The van der Waals surface area contributed by atoms with Crippen LogP contribution >= 0.6 is 0 Å². The number of nitrogens with zero attached hydrogens (tertiary/aromatic N) is 2. The number of anilines is 1. The van der Waals surface area contributed by atoms with Gasteiger partial charge >= 0.3 is 0 Å². The molecule has 1 rings (SSSR count). The van der Waals surface area contributed by atoms with Crippen molar-refractivity contribution >= 4 is 11.6 Å². The molecular formula is C15H20FN3O2. The number of likely N-dealkylation sites (N-methyl/N-ethyl adjacent to an activating group) is 1. The quantitative estimate of drug-likeness (QED) is 0.838. The number of hydrogen-bond donors (Lipinski definition) is 1. The van der Waals surface area contributed by atoms with Crippen molar-refractivity contribution in [2.45, 2.75) is 26.3 Å². The highest BCUT2D eigenvalue weighted by molar-refractivity contribution is 5.84. The summed E-state index contributed by atoms with van der Waals surface area (Å²) in [6, 6.07) is 5.96. The second-order valence-corrected chi connectivity index (χ2v) is 4.61. The molecule has 1 atom stereocenters. The van der Waals surface area contributed by atoms with Crippen LogP contribution in [0.15, 0.2) is 18.2 Å². The van der Waals surface area contributed by atoms with Crippen molar-refractivity contribution in [3.8, 4) is 11.8 Å². The van der Waals surface area contributed by atoms with Gasteiger partial charge < -0.3 is 15.0 Å². The Labute approximate surface area is 124 Å². The Kier molecular flexibility index (Phi) is 6.47. The van der Waals surface area contributed by atoms with Crippen LogP contribution in [0.1, 0.15) is 20.3 Å². The molecule has 0 fully saturated rings. The number of benzene rings is 1. The fraction of sp³-hybridized carbons (Fsp3) is 0.467. The Hall–Kier alpha value is -2.29. The van der Waals surface area contributed by atoms with E-state index in [9.17, 15) is 9.18 Å². The van der Waals surface area contributed by atoms with Crippen LogP contribution in [0.3, 0.4) is 0 Å². The zero-order valence-electron chi connectivity index (χ0n) is 12.5. The van der Waals surface area contributed by atoms with E-state index < -0.39 is 11.9 Å². The van der Waals surface area contributed by atoms with E-state index in [0.717, 1.165) is 0 Å². The Morgan fingerprint density at radius 2 is 2.29 bits per heavy atom. The van der Waals surface area contributed by atoms with E-state index in [-0.39, 0.29) is 18.1 Å². The van der Waals surface area contributed by atoms with Crippen LogP contribution in [-0.2, 0) is 4.79 Å². The van der Waals surface area contributed by atoms with E-state index in [0.29, 0.717) is 18.8 Å². The third kappa shape index (κ3) is 4.95. The molecule has 0 aliphatic heterocycles. The van der Waals surface area contributed by atoms with Crippen LogP contribution in [0.2, 0.25) is 0 Å². The largest absolute Gasteiger partial charge is 0.491 e. The first-order valence-corrected chi connectivity index (χ1v) is 6.80. The zero-order valence-corrected chi connectivity index (χ0v) is 12.5. The second-order valence-electron chi connectivity index (χ2n) is 4.61. The maximum atomic E-state index is 13.7. The third-order valence-corrected chi connectivity index (χ3v) is 2.92. The van der Waals surface area contributed by atoms with Crippen molar-refractivity contribution in [3.63, 3.8) is 0 Å². The topological polar surface area (TPSA) is 65.4 Å². The molecule has 0 spiro atoms. The highest BCUT2D eigenvalue weighted by Gasteiger charge is 2.17. The van der Waals surface area contributed by atoms with E-state index in [1.165, 1.54) is 17.0 Å². The van der Waals surface area contributed by atoms with Crippen LogP contribution in [0, 0.1) is 17.1 Å². The Bertz CT molecular complexity index is 528. The molecule has 114 valence electrons. The van der Waals surface area contributed by atoms with Gasteiger partial charge in [-0.1, -0.05) is 0 Å². The number of ether oxygens (including phenoxy) is 1. The molecule has 0 aliphatic carbocycles. The summed E-state index contributed by atoms with van der Waals surface area (Å²) in [5.41, 5.74) is 0.505. The third-order valence-electron chi connectivity index (χ3n) is 2.92. The summed E-state index contributed by atoms with van der Waals surface area (Å²) in [6.07, 6.45) is 0.284. The molecule has 6 heteroatoms. The first-order valence-electron chi connectivity index (χ1n) is 6.80. The average molecular weight is 293 g/mol. The molecule has 5 nitrogen and oxygen atoms in total. The highest BCUT2D eigenvalue weighted by atomic mass is 19.1. The molecule has 0 aromatic heterocycles. The number of halogens is 1. The fourth-order valence-electron chi connectivity index (χ4n) is 1.83. The number of nitrogens with one attached hydrogen (secondary N) is 1. The summed E-state index contributed by atoms with van der Waals surface area (Å²) in [5.74, 6) is -0.438. The summed E-state index contributed by atoms with van der Waals surface area (Å²) in [4.78, 5) is 13.5. The van der Waals surface area contributed by atoms with Gasteiger partial charge in [0.1, 0.15) is 6.04 Å². The number of nitriles is 1. The fourth-order valence-corrected chi connectivity index (χ4v) is 1.83. The van der Waals surface area contributed by atoms with Gasteiger partial charge in [-0.15, -0.1) is 0 Å². The molecular weight excluding hydrogens is 273 g/mol.